The van der Waals surface area contributed by atoms with Crippen LogP contribution in [0, 0.1) is 17.1 Å². The number of nitriles is 1. The van der Waals surface area contributed by atoms with E-state index in [1.807, 2.05) is 19.9 Å². The molecule has 2 unspecified atom stereocenters. The Morgan fingerprint density at radius 2 is 2.00 bits per heavy atom. The van der Waals surface area contributed by atoms with Crippen LogP contribution in [0.5, 0.6) is 0 Å². The zero-order valence-corrected chi connectivity index (χ0v) is 17.8. The lowest BCUT2D eigenvalue weighted by molar-refractivity contribution is 0.240. The molecule has 29 heavy (non-hydrogen) atoms. The first kappa shape index (κ1) is 21.3. The minimum atomic E-state index is -0.284. The molecule has 154 valence electrons. The molecule has 2 aromatic rings. The van der Waals surface area contributed by atoms with Crippen molar-refractivity contribution < 1.29 is 4.39 Å². The number of piperazine rings is 1. The number of fused-ring (bicyclic) bond motifs is 1. The van der Waals surface area contributed by atoms with Gasteiger partial charge < -0.3 is 10.2 Å². The SMILES string of the molecule is CC.CCCc1cccc(N2CCNC3CCC32)c1Cc1ccc(C#N)cc1F. The van der Waals surface area contributed by atoms with Crippen LogP contribution in [0.15, 0.2) is 36.4 Å². The van der Waals surface area contributed by atoms with Crippen molar-refractivity contribution in [2.75, 3.05) is 18.0 Å². The third-order valence-electron chi connectivity index (χ3n) is 6.02. The van der Waals surface area contributed by atoms with Crippen molar-refractivity contribution in [3.8, 4) is 6.07 Å². The molecule has 0 spiro atoms. The summed E-state index contributed by atoms with van der Waals surface area (Å²) in [7, 11) is 0. The highest BCUT2D eigenvalue weighted by Crippen LogP contribution is 2.36. The summed E-state index contributed by atoms with van der Waals surface area (Å²) in [5.74, 6) is -0.284. The number of hydrogen-bond acceptors (Lipinski definition) is 3. The van der Waals surface area contributed by atoms with Gasteiger partial charge in [0.2, 0.25) is 0 Å². The topological polar surface area (TPSA) is 39.1 Å². The van der Waals surface area contributed by atoms with E-state index < -0.39 is 0 Å². The van der Waals surface area contributed by atoms with E-state index in [2.05, 4.69) is 35.3 Å². The maximum absolute atomic E-state index is 14.6. The molecule has 2 atom stereocenters. The molecule has 1 aliphatic heterocycles. The fraction of sp³-hybridized carbons (Fsp3) is 0.480. The van der Waals surface area contributed by atoms with Gasteiger partial charge in [-0.15, -0.1) is 0 Å². The highest BCUT2D eigenvalue weighted by atomic mass is 19.1. The van der Waals surface area contributed by atoms with Crippen LogP contribution in [-0.2, 0) is 12.8 Å². The first-order valence-electron chi connectivity index (χ1n) is 11.0. The van der Waals surface area contributed by atoms with Gasteiger partial charge in [0.1, 0.15) is 5.82 Å². The standard InChI is InChI=1S/C23H26FN3.C2H6/c1-2-4-17-5-3-6-22(27-12-11-26-21-9-10-23(21)27)19(17)14-18-8-7-16(15-25)13-20(18)24;1-2/h3,5-8,13,21,23,26H,2,4,9-12,14H2,1H3;1-2H3. The fourth-order valence-electron chi connectivity index (χ4n) is 4.48. The normalized spacial score (nSPS) is 20.0. The van der Waals surface area contributed by atoms with Gasteiger partial charge in [0.15, 0.2) is 0 Å². The van der Waals surface area contributed by atoms with Crippen LogP contribution in [0.4, 0.5) is 10.1 Å². The van der Waals surface area contributed by atoms with E-state index in [4.69, 9.17) is 5.26 Å². The lowest BCUT2D eigenvalue weighted by Crippen LogP contribution is -2.63. The highest BCUT2D eigenvalue weighted by molar-refractivity contribution is 5.60. The maximum atomic E-state index is 14.6. The number of benzene rings is 2. The summed E-state index contributed by atoms with van der Waals surface area (Å²) in [5.41, 5.74) is 4.86. The second-order valence-electron chi connectivity index (χ2n) is 7.66. The van der Waals surface area contributed by atoms with E-state index in [1.165, 1.54) is 35.7 Å². The molecule has 0 amide bonds. The summed E-state index contributed by atoms with van der Waals surface area (Å²) >= 11 is 0. The van der Waals surface area contributed by atoms with Crippen LogP contribution in [0.3, 0.4) is 0 Å². The van der Waals surface area contributed by atoms with Gasteiger partial charge in [-0.05, 0) is 54.2 Å². The van der Waals surface area contributed by atoms with Crippen molar-refractivity contribution >= 4 is 5.69 Å². The molecule has 0 aromatic heterocycles. The van der Waals surface area contributed by atoms with Crippen LogP contribution in [-0.4, -0.2) is 25.2 Å². The molecule has 2 aliphatic rings. The lowest BCUT2D eigenvalue weighted by Gasteiger charge is -2.50. The Hall–Kier alpha value is -2.38. The molecule has 1 N–H and O–H groups in total. The van der Waals surface area contributed by atoms with E-state index in [0.29, 0.717) is 29.6 Å². The number of aryl methyl sites for hydroxylation is 1. The van der Waals surface area contributed by atoms with Gasteiger partial charge in [-0.25, -0.2) is 4.39 Å². The molecule has 3 nitrogen and oxygen atoms in total. The summed E-state index contributed by atoms with van der Waals surface area (Å²) in [6.45, 7) is 8.19. The van der Waals surface area contributed by atoms with E-state index in [-0.39, 0.29) is 5.82 Å². The van der Waals surface area contributed by atoms with E-state index in [9.17, 15) is 4.39 Å². The summed E-state index contributed by atoms with van der Waals surface area (Å²) < 4.78 is 14.6. The zero-order valence-electron chi connectivity index (χ0n) is 17.8. The molecular weight excluding hydrogens is 361 g/mol. The second-order valence-corrected chi connectivity index (χ2v) is 7.66. The first-order valence-corrected chi connectivity index (χ1v) is 11.0. The monoisotopic (exact) mass is 393 g/mol. The maximum Gasteiger partial charge on any atom is 0.128 e. The van der Waals surface area contributed by atoms with Gasteiger partial charge >= 0.3 is 0 Å². The van der Waals surface area contributed by atoms with Crippen molar-refractivity contribution in [3.63, 3.8) is 0 Å². The summed E-state index contributed by atoms with van der Waals surface area (Å²) in [6, 6.07) is 14.5. The molecular formula is C25H32FN3. The minimum Gasteiger partial charge on any atom is -0.365 e. The van der Waals surface area contributed by atoms with Crippen LogP contribution < -0.4 is 10.2 Å². The van der Waals surface area contributed by atoms with Crippen LogP contribution >= 0.6 is 0 Å². The number of halogens is 1. The van der Waals surface area contributed by atoms with Gasteiger partial charge in [-0.1, -0.05) is 45.4 Å². The number of nitrogens with zero attached hydrogens (tertiary/aromatic N) is 2. The molecule has 1 saturated heterocycles. The van der Waals surface area contributed by atoms with Gasteiger partial charge in [-0.3, -0.25) is 0 Å². The highest BCUT2D eigenvalue weighted by Gasteiger charge is 2.38. The van der Waals surface area contributed by atoms with E-state index in [0.717, 1.165) is 25.9 Å². The molecule has 1 saturated carbocycles. The van der Waals surface area contributed by atoms with Crippen molar-refractivity contribution in [2.24, 2.45) is 0 Å². The third-order valence-corrected chi connectivity index (χ3v) is 6.02. The minimum absolute atomic E-state index is 0.284. The van der Waals surface area contributed by atoms with Crippen molar-refractivity contribution in [3.05, 3.63) is 64.5 Å². The molecule has 4 rings (SSSR count). The predicted molar refractivity (Wildman–Crippen MR) is 118 cm³/mol. The Bertz CT molecular complexity index is 871. The van der Waals surface area contributed by atoms with Crippen LogP contribution in [0.1, 0.15) is 62.3 Å². The Kier molecular flexibility index (Phi) is 7.28. The lowest BCUT2D eigenvalue weighted by atomic mass is 9.82. The summed E-state index contributed by atoms with van der Waals surface area (Å²) in [5, 5.41) is 12.6. The van der Waals surface area contributed by atoms with Gasteiger partial charge in [-0.2, -0.15) is 5.26 Å². The molecule has 2 fully saturated rings. The third kappa shape index (κ3) is 4.46. The van der Waals surface area contributed by atoms with Crippen molar-refractivity contribution in [2.45, 2.75) is 65.0 Å². The summed E-state index contributed by atoms with van der Waals surface area (Å²) in [6.07, 6.45) is 5.11. The van der Waals surface area contributed by atoms with Crippen molar-refractivity contribution in [1.82, 2.24) is 5.32 Å². The predicted octanol–water partition coefficient (Wildman–Crippen LogP) is 5.21. The van der Waals surface area contributed by atoms with Crippen LogP contribution in [0.25, 0.3) is 0 Å². The zero-order chi connectivity index (χ0) is 20.8. The average Bonchev–Trinajstić information content (AvgIpc) is 2.73. The van der Waals surface area contributed by atoms with E-state index in [1.54, 1.807) is 12.1 Å². The Balaban J connectivity index is 0.00000117. The molecule has 0 bridgehead atoms. The number of anilines is 1. The largest absolute Gasteiger partial charge is 0.365 e. The molecule has 1 heterocycles. The van der Waals surface area contributed by atoms with Gasteiger partial charge in [0.05, 0.1) is 11.6 Å². The Morgan fingerprint density at radius 1 is 1.17 bits per heavy atom. The quantitative estimate of drug-likeness (QED) is 0.758. The number of hydrogen-bond donors (Lipinski definition) is 1. The Labute approximate surface area is 174 Å². The van der Waals surface area contributed by atoms with Crippen molar-refractivity contribution in [1.29, 1.82) is 5.26 Å². The number of rotatable bonds is 5. The fourth-order valence-corrected chi connectivity index (χ4v) is 4.48. The second kappa shape index (κ2) is 9.89. The first-order chi connectivity index (χ1) is 14.2. The number of nitrogens with one attached hydrogen (secondary N) is 1. The molecule has 2 aromatic carbocycles. The van der Waals surface area contributed by atoms with E-state index >= 15 is 0 Å². The average molecular weight is 394 g/mol. The smallest absolute Gasteiger partial charge is 0.128 e. The van der Waals surface area contributed by atoms with Gasteiger partial charge in [0.25, 0.3) is 0 Å². The molecule has 1 aliphatic carbocycles. The Morgan fingerprint density at radius 3 is 2.66 bits per heavy atom. The van der Waals surface area contributed by atoms with Gasteiger partial charge in [0, 0.05) is 37.3 Å². The molecule has 0 radical (unpaired) electrons. The van der Waals surface area contributed by atoms with Crippen LogP contribution in [0.2, 0.25) is 0 Å². The summed E-state index contributed by atoms with van der Waals surface area (Å²) in [4.78, 5) is 2.54. The molecule has 4 heteroatoms.